The van der Waals surface area contributed by atoms with Gasteiger partial charge in [0.05, 0.1) is 0 Å². The Morgan fingerprint density at radius 3 is 2.45 bits per heavy atom. The zero-order valence-electron chi connectivity index (χ0n) is 7.93. The van der Waals surface area contributed by atoms with Crippen molar-refractivity contribution in [3.8, 4) is 0 Å². The van der Waals surface area contributed by atoms with E-state index in [1.807, 2.05) is 0 Å². The van der Waals surface area contributed by atoms with Crippen molar-refractivity contribution in [1.82, 2.24) is 4.90 Å². The Hall–Kier alpha value is -0.0400. The highest BCUT2D eigenvalue weighted by Crippen LogP contribution is 2.57. The second-order valence-corrected chi connectivity index (χ2v) is 4.73. The fourth-order valence-corrected chi connectivity index (χ4v) is 3.61. The van der Waals surface area contributed by atoms with Crippen molar-refractivity contribution in [3.63, 3.8) is 0 Å². The second-order valence-electron chi connectivity index (χ2n) is 4.73. The minimum absolute atomic E-state index is 0.781. The molecule has 64 valence electrons. The van der Waals surface area contributed by atoms with Crippen LogP contribution in [-0.2, 0) is 0 Å². The number of hydrogen-bond donors (Lipinski definition) is 0. The van der Waals surface area contributed by atoms with E-state index in [4.69, 9.17) is 0 Å². The van der Waals surface area contributed by atoms with Crippen LogP contribution in [0.5, 0.6) is 0 Å². The van der Waals surface area contributed by atoms with Gasteiger partial charge in [-0.2, -0.15) is 0 Å². The molecule has 2 fully saturated rings. The summed E-state index contributed by atoms with van der Waals surface area (Å²) >= 11 is 0. The van der Waals surface area contributed by atoms with Crippen LogP contribution in [0.15, 0.2) is 0 Å². The van der Waals surface area contributed by atoms with Crippen molar-refractivity contribution in [3.05, 3.63) is 0 Å². The Kier molecular flexibility index (Phi) is 1.54. The molecule has 1 aliphatic heterocycles. The third-order valence-electron chi connectivity index (χ3n) is 3.81. The highest BCUT2D eigenvalue weighted by atomic mass is 15.2. The zero-order chi connectivity index (χ0) is 8.06. The SMILES string of the molecule is CCC1C(C)CC12CN(C)C2. The van der Waals surface area contributed by atoms with Gasteiger partial charge in [0, 0.05) is 13.1 Å². The third kappa shape index (κ3) is 0.868. The smallest absolute Gasteiger partial charge is 0.00503 e. The predicted octanol–water partition coefficient (Wildman–Crippen LogP) is 1.98. The van der Waals surface area contributed by atoms with Crippen LogP contribution < -0.4 is 0 Å². The van der Waals surface area contributed by atoms with Crippen LogP contribution in [0.3, 0.4) is 0 Å². The average Bonchev–Trinajstić information content (AvgIpc) is 1.84. The van der Waals surface area contributed by atoms with E-state index in [2.05, 4.69) is 25.8 Å². The van der Waals surface area contributed by atoms with Crippen molar-refractivity contribution in [2.45, 2.75) is 26.7 Å². The lowest BCUT2D eigenvalue weighted by Gasteiger charge is -2.63. The standard InChI is InChI=1S/C10H19N/c1-4-9-8(2)5-10(9)6-11(3)7-10/h8-9H,4-7H2,1-3H3. The van der Waals surface area contributed by atoms with Crippen LogP contribution in [0.1, 0.15) is 26.7 Å². The number of likely N-dealkylation sites (tertiary alicyclic amines) is 1. The van der Waals surface area contributed by atoms with E-state index in [-0.39, 0.29) is 0 Å². The second kappa shape index (κ2) is 2.22. The zero-order valence-corrected chi connectivity index (χ0v) is 7.93. The Balaban J connectivity index is 1.97. The van der Waals surface area contributed by atoms with Gasteiger partial charge in [0.25, 0.3) is 0 Å². The number of hydrogen-bond acceptors (Lipinski definition) is 1. The molecule has 2 aliphatic rings. The summed E-state index contributed by atoms with van der Waals surface area (Å²) in [5.74, 6) is 2.05. The van der Waals surface area contributed by atoms with Crippen molar-refractivity contribution in [1.29, 1.82) is 0 Å². The van der Waals surface area contributed by atoms with Gasteiger partial charge in [-0.05, 0) is 30.7 Å². The first kappa shape index (κ1) is 7.60. The summed E-state index contributed by atoms with van der Waals surface area (Å²) < 4.78 is 0. The lowest BCUT2D eigenvalue weighted by molar-refractivity contribution is -0.140. The van der Waals surface area contributed by atoms with E-state index in [0.29, 0.717) is 0 Å². The molecule has 0 aromatic rings. The van der Waals surface area contributed by atoms with Gasteiger partial charge in [-0.25, -0.2) is 0 Å². The molecule has 2 rings (SSSR count). The maximum atomic E-state index is 2.45. The van der Waals surface area contributed by atoms with Crippen LogP contribution in [-0.4, -0.2) is 25.0 Å². The summed E-state index contributed by atoms with van der Waals surface area (Å²) in [5.41, 5.74) is 0.781. The molecule has 0 amide bonds. The van der Waals surface area contributed by atoms with E-state index in [1.165, 1.54) is 25.9 Å². The molecule has 0 radical (unpaired) electrons. The van der Waals surface area contributed by atoms with Gasteiger partial charge in [-0.1, -0.05) is 20.3 Å². The van der Waals surface area contributed by atoms with Crippen LogP contribution in [0.4, 0.5) is 0 Å². The lowest BCUT2D eigenvalue weighted by atomic mass is 9.50. The summed E-state index contributed by atoms with van der Waals surface area (Å²) in [6, 6.07) is 0. The minimum atomic E-state index is 0.781. The molecular formula is C10H19N. The van der Waals surface area contributed by atoms with Crippen LogP contribution in [0.2, 0.25) is 0 Å². The largest absolute Gasteiger partial charge is 0.305 e. The molecule has 1 spiro atoms. The third-order valence-corrected chi connectivity index (χ3v) is 3.81. The van der Waals surface area contributed by atoms with E-state index < -0.39 is 0 Å². The molecule has 1 nitrogen and oxygen atoms in total. The van der Waals surface area contributed by atoms with Gasteiger partial charge in [-0.3, -0.25) is 0 Å². The molecule has 1 saturated carbocycles. The van der Waals surface area contributed by atoms with Crippen molar-refractivity contribution in [2.75, 3.05) is 20.1 Å². The lowest BCUT2D eigenvalue weighted by Crippen LogP contribution is -2.65. The fourth-order valence-electron chi connectivity index (χ4n) is 3.61. The van der Waals surface area contributed by atoms with Gasteiger partial charge in [0.2, 0.25) is 0 Å². The molecule has 0 aromatic carbocycles. The first-order chi connectivity index (χ1) is 5.18. The highest BCUT2D eigenvalue weighted by Gasteiger charge is 2.55. The molecule has 2 atom stereocenters. The quantitative estimate of drug-likeness (QED) is 0.557. The Labute approximate surface area is 69.8 Å². The van der Waals surface area contributed by atoms with Crippen molar-refractivity contribution < 1.29 is 0 Å². The molecule has 1 heterocycles. The monoisotopic (exact) mass is 153 g/mol. The highest BCUT2D eigenvalue weighted by molar-refractivity contribution is 5.07. The summed E-state index contributed by atoms with van der Waals surface area (Å²) in [6.45, 7) is 7.50. The molecule has 0 bridgehead atoms. The van der Waals surface area contributed by atoms with E-state index in [9.17, 15) is 0 Å². The summed E-state index contributed by atoms with van der Waals surface area (Å²) in [5, 5.41) is 0. The normalized spacial score (nSPS) is 41.7. The topological polar surface area (TPSA) is 3.24 Å². The average molecular weight is 153 g/mol. The Morgan fingerprint density at radius 1 is 1.45 bits per heavy atom. The molecule has 2 unspecified atom stereocenters. The van der Waals surface area contributed by atoms with E-state index >= 15 is 0 Å². The van der Waals surface area contributed by atoms with E-state index in [1.54, 1.807) is 0 Å². The molecule has 1 heteroatoms. The summed E-state index contributed by atoms with van der Waals surface area (Å²) in [7, 11) is 2.24. The predicted molar refractivity (Wildman–Crippen MR) is 47.5 cm³/mol. The van der Waals surface area contributed by atoms with Crippen LogP contribution >= 0.6 is 0 Å². The fraction of sp³-hybridized carbons (Fsp3) is 1.00. The number of rotatable bonds is 1. The van der Waals surface area contributed by atoms with Gasteiger partial charge in [-0.15, -0.1) is 0 Å². The molecule has 1 saturated heterocycles. The first-order valence-corrected chi connectivity index (χ1v) is 4.86. The van der Waals surface area contributed by atoms with Crippen LogP contribution in [0, 0.1) is 17.3 Å². The van der Waals surface area contributed by atoms with E-state index in [0.717, 1.165) is 17.3 Å². The molecule has 11 heavy (non-hydrogen) atoms. The van der Waals surface area contributed by atoms with Crippen molar-refractivity contribution >= 4 is 0 Å². The maximum Gasteiger partial charge on any atom is 0.00503 e. The summed E-state index contributed by atoms with van der Waals surface area (Å²) in [4.78, 5) is 2.45. The summed E-state index contributed by atoms with van der Waals surface area (Å²) in [6.07, 6.45) is 2.89. The van der Waals surface area contributed by atoms with Gasteiger partial charge >= 0.3 is 0 Å². The molecule has 1 aliphatic carbocycles. The maximum absolute atomic E-state index is 2.45. The van der Waals surface area contributed by atoms with Crippen molar-refractivity contribution in [2.24, 2.45) is 17.3 Å². The minimum Gasteiger partial charge on any atom is -0.305 e. The molecular weight excluding hydrogens is 134 g/mol. The van der Waals surface area contributed by atoms with Gasteiger partial charge in [0.15, 0.2) is 0 Å². The molecule has 0 aromatic heterocycles. The Bertz CT molecular complexity index is 153. The van der Waals surface area contributed by atoms with Gasteiger partial charge < -0.3 is 4.90 Å². The van der Waals surface area contributed by atoms with Gasteiger partial charge in [0.1, 0.15) is 0 Å². The molecule has 0 N–H and O–H groups in total. The number of nitrogens with zero attached hydrogens (tertiary/aromatic N) is 1. The Morgan fingerprint density at radius 2 is 2.09 bits per heavy atom. The van der Waals surface area contributed by atoms with Crippen LogP contribution in [0.25, 0.3) is 0 Å². The first-order valence-electron chi connectivity index (χ1n) is 4.86.